The molecule has 0 unspecified atom stereocenters. The number of halogens is 1. The molecular formula is C28H23ClN2O3. The largest absolute Gasteiger partial charge is 0.490 e. The minimum absolute atomic E-state index is 0.273. The van der Waals surface area contributed by atoms with Crippen LogP contribution < -0.4 is 9.47 Å². The van der Waals surface area contributed by atoms with E-state index in [1.165, 1.54) is 0 Å². The number of allylic oxidation sites excluding steroid dienone is 2. The smallest absolute Gasteiger partial charge is 0.238 e. The molecule has 0 aliphatic heterocycles. The van der Waals surface area contributed by atoms with Gasteiger partial charge in [-0.05, 0) is 66.9 Å². The predicted molar refractivity (Wildman–Crippen MR) is 135 cm³/mol. The van der Waals surface area contributed by atoms with E-state index in [4.69, 9.17) is 25.5 Å². The van der Waals surface area contributed by atoms with Crippen molar-refractivity contribution in [2.45, 2.75) is 20.0 Å². The third kappa shape index (κ3) is 5.31. The second kappa shape index (κ2) is 10.7. The zero-order valence-electron chi connectivity index (χ0n) is 18.8. The first-order valence-electron chi connectivity index (χ1n) is 10.9. The monoisotopic (exact) mass is 470 g/mol. The standard InChI is InChI=1S/C28H23ClN2O3/c1-3-7-21-14-20(15-22(17-30)28-31-24-8-5-6-9-25(24)34-28)16-26(32-4-2)27(21)33-18-19-10-12-23(29)13-11-19/h3,5-6,8-16H,1,4,7,18H2,2H3/b22-15+. The first-order valence-corrected chi connectivity index (χ1v) is 11.2. The van der Waals surface area contributed by atoms with E-state index in [1.807, 2.05) is 67.6 Å². The molecule has 34 heavy (non-hydrogen) atoms. The Morgan fingerprint density at radius 1 is 1.15 bits per heavy atom. The number of fused-ring (bicyclic) bond motifs is 1. The van der Waals surface area contributed by atoms with Gasteiger partial charge in [0.25, 0.3) is 0 Å². The van der Waals surface area contributed by atoms with Gasteiger partial charge in [-0.1, -0.05) is 41.9 Å². The molecule has 0 saturated heterocycles. The summed E-state index contributed by atoms with van der Waals surface area (Å²) in [6.07, 6.45) is 4.12. The second-order valence-electron chi connectivity index (χ2n) is 7.50. The molecule has 6 heteroatoms. The van der Waals surface area contributed by atoms with Gasteiger partial charge in [-0.25, -0.2) is 4.98 Å². The van der Waals surface area contributed by atoms with Gasteiger partial charge in [0.2, 0.25) is 5.89 Å². The van der Waals surface area contributed by atoms with E-state index in [1.54, 1.807) is 12.2 Å². The van der Waals surface area contributed by atoms with E-state index < -0.39 is 0 Å². The highest BCUT2D eigenvalue weighted by atomic mass is 35.5. The van der Waals surface area contributed by atoms with Crippen LogP contribution in [0.3, 0.4) is 0 Å². The molecule has 0 N–H and O–H groups in total. The SMILES string of the molecule is C=CCc1cc(/C=C(\C#N)c2nc3ccccc3o2)cc(OCC)c1OCc1ccc(Cl)cc1. The van der Waals surface area contributed by atoms with Crippen LogP contribution in [0.15, 0.2) is 77.7 Å². The van der Waals surface area contributed by atoms with Crippen LogP contribution in [0.2, 0.25) is 5.02 Å². The van der Waals surface area contributed by atoms with Gasteiger partial charge < -0.3 is 13.9 Å². The van der Waals surface area contributed by atoms with Crippen molar-refractivity contribution in [3.05, 3.63) is 101 Å². The third-order valence-corrected chi connectivity index (χ3v) is 5.32. The minimum Gasteiger partial charge on any atom is -0.490 e. The van der Waals surface area contributed by atoms with Crippen molar-refractivity contribution >= 4 is 34.3 Å². The Morgan fingerprint density at radius 3 is 2.65 bits per heavy atom. The van der Waals surface area contributed by atoms with Crippen molar-refractivity contribution in [1.29, 1.82) is 5.26 Å². The maximum Gasteiger partial charge on any atom is 0.238 e. The van der Waals surface area contributed by atoms with E-state index in [0.717, 1.165) is 16.7 Å². The van der Waals surface area contributed by atoms with E-state index in [2.05, 4.69) is 17.6 Å². The van der Waals surface area contributed by atoms with Crippen LogP contribution in [-0.2, 0) is 13.0 Å². The van der Waals surface area contributed by atoms with Crippen LogP contribution in [0.5, 0.6) is 11.5 Å². The van der Waals surface area contributed by atoms with Gasteiger partial charge in [-0.2, -0.15) is 5.26 Å². The van der Waals surface area contributed by atoms with Crippen molar-refractivity contribution in [1.82, 2.24) is 4.98 Å². The van der Waals surface area contributed by atoms with Gasteiger partial charge in [0.15, 0.2) is 17.1 Å². The van der Waals surface area contributed by atoms with E-state index >= 15 is 0 Å². The van der Waals surface area contributed by atoms with E-state index in [-0.39, 0.29) is 5.89 Å². The van der Waals surface area contributed by atoms with Gasteiger partial charge in [0, 0.05) is 10.6 Å². The van der Waals surface area contributed by atoms with Crippen LogP contribution in [0.1, 0.15) is 29.5 Å². The quantitative estimate of drug-likeness (QED) is 0.190. The molecule has 4 rings (SSSR count). The highest BCUT2D eigenvalue weighted by molar-refractivity contribution is 6.30. The molecule has 0 aliphatic carbocycles. The van der Waals surface area contributed by atoms with Crippen LogP contribution in [0, 0.1) is 11.3 Å². The fourth-order valence-electron chi connectivity index (χ4n) is 3.53. The number of benzene rings is 3. The van der Waals surface area contributed by atoms with Crippen molar-refractivity contribution in [3.63, 3.8) is 0 Å². The Hall–Kier alpha value is -4.01. The summed E-state index contributed by atoms with van der Waals surface area (Å²) in [5.74, 6) is 1.51. The summed E-state index contributed by atoms with van der Waals surface area (Å²) in [6, 6.07) is 20.9. The lowest BCUT2D eigenvalue weighted by atomic mass is 10.0. The Labute approximate surface area is 203 Å². The van der Waals surface area contributed by atoms with Gasteiger partial charge in [0.05, 0.1) is 6.61 Å². The average Bonchev–Trinajstić information content (AvgIpc) is 3.27. The molecule has 0 bridgehead atoms. The summed E-state index contributed by atoms with van der Waals surface area (Å²) >= 11 is 5.99. The minimum atomic E-state index is 0.273. The van der Waals surface area contributed by atoms with Crippen LogP contribution in [0.4, 0.5) is 0 Å². The molecule has 0 aliphatic rings. The van der Waals surface area contributed by atoms with E-state index in [9.17, 15) is 5.26 Å². The van der Waals surface area contributed by atoms with E-state index in [0.29, 0.717) is 52.8 Å². The maximum atomic E-state index is 9.80. The summed E-state index contributed by atoms with van der Waals surface area (Å²) in [6.45, 7) is 6.62. The molecule has 0 amide bonds. The summed E-state index contributed by atoms with van der Waals surface area (Å²) < 4.78 is 17.9. The molecule has 0 saturated carbocycles. The number of para-hydroxylation sites is 2. The van der Waals surface area contributed by atoms with Gasteiger partial charge in [-0.15, -0.1) is 6.58 Å². The maximum absolute atomic E-state index is 9.80. The predicted octanol–water partition coefficient (Wildman–Crippen LogP) is 7.25. The lowest BCUT2D eigenvalue weighted by Gasteiger charge is -2.17. The molecule has 1 heterocycles. The number of hydrogen-bond donors (Lipinski definition) is 0. The molecule has 0 fully saturated rings. The highest BCUT2D eigenvalue weighted by Crippen LogP contribution is 2.36. The Bertz CT molecular complexity index is 1350. The fraction of sp³-hybridized carbons (Fsp3) is 0.143. The van der Waals surface area contributed by atoms with Crippen molar-refractivity contribution < 1.29 is 13.9 Å². The summed E-state index contributed by atoms with van der Waals surface area (Å²) in [4.78, 5) is 4.45. The molecule has 1 aromatic heterocycles. The number of nitrogens with zero attached hydrogens (tertiary/aromatic N) is 2. The first-order chi connectivity index (χ1) is 16.6. The van der Waals surface area contributed by atoms with Gasteiger partial charge in [-0.3, -0.25) is 0 Å². The third-order valence-electron chi connectivity index (χ3n) is 5.07. The molecule has 170 valence electrons. The molecule has 0 spiro atoms. The van der Waals surface area contributed by atoms with Crippen LogP contribution in [0.25, 0.3) is 22.7 Å². The molecule has 4 aromatic rings. The molecule has 3 aromatic carbocycles. The first kappa shape index (κ1) is 23.2. The van der Waals surface area contributed by atoms with Crippen molar-refractivity contribution in [2.24, 2.45) is 0 Å². The molecule has 0 atom stereocenters. The van der Waals surface area contributed by atoms with Gasteiger partial charge in [0.1, 0.15) is 23.8 Å². The number of ether oxygens (including phenoxy) is 2. The second-order valence-corrected chi connectivity index (χ2v) is 7.94. The lowest BCUT2D eigenvalue weighted by Crippen LogP contribution is -2.03. The summed E-state index contributed by atoms with van der Waals surface area (Å²) in [5, 5.41) is 10.5. The Morgan fingerprint density at radius 2 is 1.94 bits per heavy atom. The lowest BCUT2D eigenvalue weighted by molar-refractivity contribution is 0.267. The molecular weight excluding hydrogens is 448 g/mol. The highest BCUT2D eigenvalue weighted by Gasteiger charge is 2.15. The Balaban J connectivity index is 1.71. The zero-order valence-corrected chi connectivity index (χ0v) is 19.5. The average molecular weight is 471 g/mol. The number of nitriles is 1. The number of aromatic nitrogens is 1. The van der Waals surface area contributed by atoms with Gasteiger partial charge >= 0.3 is 0 Å². The number of rotatable bonds is 9. The summed E-state index contributed by atoms with van der Waals surface area (Å²) in [7, 11) is 0. The Kier molecular flexibility index (Phi) is 7.31. The molecule has 5 nitrogen and oxygen atoms in total. The van der Waals surface area contributed by atoms with Crippen LogP contribution >= 0.6 is 11.6 Å². The number of hydrogen-bond acceptors (Lipinski definition) is 5. The topological polar surface area (TPSA) is 68.3 Å². The zero-order chi connectivity index (χ0) is 23.9. The van der Waals surface area contributed by atoms with Crippen molar-refractivity contribution in [3.8, 4) is 17.6 Å². The van der Waals surface area contributed by atoms with Crippen molar-refractivity contribution in [2.75, 3.05) is 6.61 Å². The van der Waals surface area contributed by atoms with Crippen LogP contribution in [-0.4, -0.2) is 11.6 Å². The fourth-order valence-corrected chi connectivity index (χ4v) is 3.66. The molecule has 0 radical (unpaired) electrons. The normalized spacial score (nSPS) is 11.3. The summed E-state index contributed by atoms with van der Waals surface area (Å²) in [5.41, 5.74) is 4.31. The number of oxazole rings is 1.